The first-order valence-electron chi connectivity index (χ1n) is 6.25. The van der Waals surface area contributed by atoms with E-state index in [-0.39, 0.29) is 11.7 Å². The minimum atomic E-state index is -3.24. The fraction of sp³-hybridized carbons (Fsp3) is 0.538. The summed E-state index contributed by atoms with van der Waals surface area (Å²) in [5.74, 6) is 0.432. The van der Waals surface area contributed by atoms with Gasteiger partial charge >= 0.3 is 0 Å². The third kappa shape index (κ3) is 3.46. The summed E-state index contributed by atoms with van der Waals surface area (Å²) < 4.78 is 26.7. The summed E-state index contributed by atoms with van der Waals surface area (Å²) >= 11 is 0. The molecule has 18 heavy (non-hydrogen) atoms. The first kappa shape index (κ1) is 13.4. The molecule has 0 saturated carbocycles. The zero-order chi connectivity index (χ0) is 13.2. The second kappa shape index (κ2) is 5.28. The average Bonchev–Trinajstić information content (AvgIpc) is 2.75. The van der Waals surface area contributed by atoms with Crippen molar-refractivity contribution in [3.8, 4) is 0 Å². The first-order valence-corrected chi connectivity index (χ1v) is 7.90. The second-order valence-electron chi connectivity index (χ2n) is 5.04. The van der Waals surface area contributed by atoms with Crippen LogP contribution in [0.25, 0.3) is 0 Å². The molecule has 0 spiro atoms. The minimum absolute atomic E-state index is 0.201. The van der Waals surface area contributed by atoms with Crippen LogP contribution in [-0.4, -0.2) is 27.3 Å². The molecule has 0 aromatic heterocycles. The van der Waals surface area contributed by atoms with Crippen LogP contribution in [0, 0.1) is 19.8 Å². The maximum atomic E-state index is 12.0. The highest BCUT2D eigenvalue weighted by atomic mass is 32.2. The van der Waals surface area contributed by atoms with Crippen molar-refractivity contribution in [2.45, 2.75) is 20.3 Å². The van der Waals surface area contributed by atoms with Crippen molar-refractivity contribution in [1.82, 2.24) is 5.32 Å². The van der Waals surface area contributed by atoms with Crippen LogP contribution in [0.4, 0.5) is 5.69 Å². The van der Waals surface area contributed by atoms with Crippen molar-refractivity contribution in [1.29, 1.82) is 0 Å². The Morgan fingerprint density at radius 2 is 2.11 bits per heavy atom. The van der Waals surface area contributed by atoms with Gasteiger partial charge in [-0.05, 0) is 62.5 Å². The molecule has 1 saturated heterocycles. The van der Waals surface area contributed by atoms with Crippen LogP contribution in [0.5, 0.6) is 0 Å². The molecule has 1 fully saturated rings. The summed E-state index contributed by atoms with van der Waals surface area (Å²) in [5.41, 5.74) is 2.92. The van der Waals surface area contributed by atoms with Crippen molar-refractivity contribution in [2.24, 2.45) is 5.92 Å². The molecular weight excluding hydrogens is 248 g/mol. The fourth-order valence-corrected chi connectivity index (χ4v) is 3.67. The van der Waals surface area contributed by atoms with Gasteiger partial charge in [0, 0.05) is 5.69 Å². The molecule has 0 bridgehead atoms. The van der Waals surface area contributed by atoms with Crippen LogP contribution in [-0.2, 0) is 10.0 Å². The minimum Gasteiger partial charge on any atom is -0.316 e. The maximum Gasteiger partial charge on any atom is 0.233 e. The quantitative estimate of drug-likeness (QED) is 0.873. The van der Waals surface area contributed by atoms with E-state index in [9.17, 15) is 8.42 Å². The van der Waals surface area contributed by atoms with E-state index >= 15 is 0 Å². The van der Waals surface area contributed by atoms with E-state index in [0.717, 1.165) is 30.6 Å². The monoisotopic (exact) mass is 268 g/mol. The third-order valence-corrected chi connectivity index (χ3v) is 4.85. The number of aryl methyl sites for hydroxylation is 2. The molecule has 1 aromatic rings. The Morgan fingerprint density at radius 3 is 2.72 bits per heavy atom. The normalized spacial score (nSPS) is 20.0. The van der Waals surface area contributed by atoms with Gasteiger partial charge in [-0.25, -0.2) is 8.42 Å². The number of nitrogens with one attached hydrogen (secondary N) is 2. The van der Waals surface area contributed by atoms with E-state index in [4.69, 9.17) is 0 Å². The zero-order valence-corrected chi connectivity index (χ0v) is 11.7. The fourth-order valence-electron chi connectivity index (χ4n) is 2.19. The molecule has 1 heterocycles. The van der Waals surface area contributed by atoms with Crippen molar-refractivity contribution in [3.63, 3.8) is 0 Å². The molecule has 100 valence electrons. The summed E-state index contributed by atoms with van der Waals surface area (Å²) in [5, 5.41) is 3.18. The van der Waals surface area contributed by atoms with Crippen LogP contribution in [0.15, 0.2) is 18.2 Å². The molecule has 1 atom stereocenters. The van der Waals surface area contributed by atoms with Gasteiger partial charge in [-0.15, -0.1) is 0 Å². The van der Waals surface area contributed by atoms with E-state index in [1.54, 1.807) is 0 Å². The van der Waals surface area contributed by atoms with Crippen LogP contribution in [0.2, 0.25) is 0 Å². The lowest BCUT2D eigenvalue weighted by Crippen LogP contribution is -2.24. The average molecular weight is 268 g/mol. The van der Waals surface area contributed by atoms with E-state index in [1.807, 2.05) is 32.0 Å². The molecular formula is C13H20N2O2S. The molecule has 0 aliphatic carbocycles. The highest BCUT2D eigenvalue weighted by Crippen LogP contribution is 2.17. The number of hydrogen-bond donors (Lipinski definition) is 2. The predicted molar refractivity (Wildman–Crippen MR) is 74.3 cm³/mol. The van der Waals surface area contributed by atoms with Crippen LogP contribution >= 0.6 is 0 Å². The number of anilines is 1. The smallest absolute Gasteiger partial charge is 0.233 e. The van der Waals surface area contributed by atoms with Crippen molar-refractivity contribution in [2.75, 3.05) is 23.6 Å². The van der Waals surface area contributed by atoms with Crippen molar-refractivity contribution >= 4 is 15.7 Å². The van der Waals surface area contributed by atoms with E-state index in [2.05, 4.69) is 10.0 Å². The van der Waals surface area contributed by atoms with Gasteiger partial charge in [0.05, 0.1) is 5.75 Å². The number of rotatable bonds is 4. The Kier molecular flexibility index (Phi) is 3.92. The Balaban J connectivity index is 2.04. The molecule has 1 unspecified atom stereocenters. The summed E-state index contributed by atoms with van der Waals surface area (Å²) in [7, 11) is -3.24. The Morgan fingerprint density at radius 1 is 1.33 bits per heavy atom. The summed E-state index contributed by atoms with van der Waals surface area (Å²) in [6.07, 6.45) is 0.938. The SMILES string of the molecule is Cc1ccc(NS(=O)(=O)CC2CCNC2)cc1C. The third-order valence-electron chi connectivity index (χ3n) is 3.40. The van der Waals surface area contributed by atoms with Gasteiger partial charge in [0.1, 0.15) is 0 Å². The largest absolute Gasteiger partial charge is 0.316 e. The number of hydrogen-bond acceptors (Lipinski definition) is 3. The summed E-state index contributed by atoms with van der Waals surface area (Å²) in [6.45, 7) is 5.71. The molecule has 1 aliphatic rings. The molecule has 2 rings (SSSR count). The first-order chi connectivity index (χ1) is 8.46. The maximum absolute atomic E-state index is 12.0. The molecule has 0 amide bonds. The van der Waals surface area contributed by atoms with Gasteiger partial charge in [0.2, 0.25) is 10.0 Å². The Bertz CT molecular complexity index is 520. The standard InChI is InChI=1S/C13H20N2O2S/c1-10-3-4-13(7-11(10)2)15-18(16,17)9-12-5-6-14-8-12/h3-4,7,12,14-15H,5-6,8-9H2,1-2H3. The Labute approximate surface area is 109 Å². The number of benzene rings is 1. The lowest BCUT2D eigenvalue weighted by molar-refractivity contribution is 0.575. The Hall–Kier alpha value is -1.07. The van der Waals surface area contributed by atoms with E-state index < -0.39 is 10.0 Å². The summed E-state index contributed by atoms with van der Waals surface area (Å²) in [6, 6.07) is 5.62. The van der Waals surface area contributed by atoms with Gasteiger partial charge < -0.3 is 5.32 Å². The van der Waals surface area contributed by atoms with Crippen molar-refractivity contribution < 1.29 is 8.42 Å². The molecule has 4 nitrogen and oxygen atoms in total. The number of sulfonamides is 1. The van der Waals surface area contributed by atoms with Crippen LogP contribution < -0.4 is 10.0 Å². The summed E-state index contributed by atoms with van der Waals surface area (Å²) in [4.78, 5) is 0. The van der Waals surface area contributed by atoms with Gasteiger partial charge in [-0.2, -0.15) is 0 Å². The lowest BCUT2D eigenvalue weighted by atomic mass is 10.1. The van der Waals surface area contributed by atoms with Gasteiger partial charge in [-0.1, -0.05) is 6.07 Å². The van der Waals surface area contributed by atoms with Gasteiger partial charge in [0.25, 0.3) is 0 Å². The van der Waals surface area contributed by atoms with E-state index in [1.165, 1.54) is 0 Å². The topological polar surface area (TPSA) is 58.2 Å². The second-order valence-corrected chi connectivity index (χ2v) is 6.81. The molecule has 0 radical (unpaired) electrons. The molecule has 1 aliphatic heterocycles. The predicted octanol–water partition coefficient (Wildman–Crippen LogP) is 1.65. The highest BCUT2D eigenvalue weighted by Gasteiger charge is 2.22. The van der Waals surface area contributed by atoms with Gasteiger partial charge in [0.15, 0.2) is 0 Å². The van der Waals surface area contributed by atoms with Crippen LogP contribution in [0.3, 0.4) is 0 Å². The zero-order valence-electron chi connectivity index (χ0n) is 10.9. The molecule has 1 aromatic carbocycles. The lowest BCUT2D eigenvalue weighted by Gasteiger charge is -2.12. The van der Waals surface area contributed by atoms with Crippen molar-refractivity contribution in [3.05, 3.63) is 29.3 Å². The van der Waals surface area contributed by atoms with E-state index in [0.29, 0.717) is 5.69 Å². The molecule has 2 N–H and O–H groups in total. The van der Waals surface area contributed by atoms with Gasteiger partial charge in [-0.3, -0.25) is 4.72 Å². The molecule has 5 heteroatoms. The highest BCUT2D eigenvalue weighted by molar-refractivity contribution is 7.92. The van der Waals surface area contributed by atoms with Crippen LogP contribution in [0.1, 0.15) is 17.5 Å².